The number of halogens is 2. The lowest BCUT2D eigenvalue weighted by molar-refractivity contribution is -0.137. The Morgan fingerprint density at radius 1 is 1.02 bits per heavy atom. The van der Waals surface area contributed by atoms with E-state index >= 15 is 0 Å². The van der Waals surface area contributed by atoms with Gasteiger partial charge in [0.05, 0.1) is 22.0 Å². The number of carbonyl (C=O) groups excluding carboxylic acids is 3. The summed E-state index contributed by atoms with van der Waals surface area (Å²) in [5.41, 5.74) is 0.710. The van der Waals surface area contributed by atoms with Crippen LogP contribution >= 0.6 is 11.6 Å². The van der Waals surface area contributed by atoms with Crippen LogP contribution in [0.3, 0.4) is 0 Å². The number of ether oxygens (including phenoxy) is 1. The number of carboxylic acid groups (broad SMARTS) is 1. The third-order valence-corrected chi connectivity index (χ3v) is 6.82. The second-order valence-electron chi connectivity index (χ2n) is 9.41. The fraction of sp³-hybridized carbons (Fsp3) is 0.0968. The summed E-state index contributed by atoms with van der Waals surface area (Å²) in [5, 5.41) is 18.7. The van der Waals surface area contributed by atoms with Crippen molar-refractivity contribution in [3.8, 4) is 11.5 Å². The largest absolute Gasteiger partial charge is 0.481 e. The SMILES string of the molecule is O=C(O)CC[C@H]1NC(=O)c2cc(Oc3cccc4ccccc34)c(NC(=O)/C=C\c3ccc(F)cc3Cl)cc2NC1=O. The number of anilines is 2. The Kier molecular flexibility index (Phi) is 8.16. The molecule has 4 N–H and O–H groups in total. The van der Waals surface area contributed by atoms with Crippen LogP contribution in [0.1, 0.15) is 28.8 Å². The monoisotopic (exact) mass is 587 g/mol. The predicted molar refractivity (Wildman–Crippen MR) is 156 cm³/mol. The normalized spacial score (nSPS) is 14.6. The van der Waals surface area contributed by atoms with Gasteiger partial charge in [-0.1, -0.05) is 54.1 Å². The van der Waals surface area contributed by atoms with Gasteiger partial charge in [-0.25, -0.2) is 4.39 Å². The van der Waals surface area contributed by atoms with Crippen molar-refractivity contribution in [3.05, 3.63) is 101 Å². The fourth-order valence-electron chi connectivity index (χ4n) is 4.43. The number of fused-ring (bicyclic) bond motifs is 2. The first kappa shape index (κ1) is 28.3. The molecule has 0 radical (unpaired) electrons. The minimum atomic E-state index is -1.11. The van der Waals surface area contributed by atoms with Crippen LogP contribution in [0.5, 0.6) is 11.5 Å². The van der Waals surface area contributed by atoms with E-state index < -0.39 is 35.5 Å². The Hall–Kier alpha value is -5.22. The number of amides is 3. The van der Waals surface area contributed by atoms with Crippen molar-refractivity contribution in [1.82, 2.24) is 5.32 Å². The number of nitrogens with one attached hydrogen (secondary N) is 3. The van der Waals surface area contributed by atoms with Crippen molar-refractivity contribution in [2.45, 2.75) is 18.9 Å². The third-order valence-electron chi connectivity index (χ3n) is 6.50. The summed E-state index contributed by atoms with van der Waals surface area (Å²) in [5.74, 6) is -2.88. The molecule has 212 valence electrons. The molecule has 0 saturated carbocycles. The van der Waals surface area contributed by atoms with E-state index in [9.17, 15) is 23.6 Å². The summed E-state index contributed by atoms with van der Waals surface area (Å²) < 4.78 is 19.6. The third kappa shape index (κ3) is 6.39. The Morgan fingerprint density at radius 2 is 1.81 bits per heavy atom. The van der Waals surface area contributed by atoms with Gasteiger partial charge < -0.3 is 25.8 Å². The van der Waals surface area contributed by atoms with Gasteiger partial charge in [0.1, 0.15) is 17.6 Å². The molecule has 11 heteroatoms. The van der Waals surface area contributed by atoms with Crippen molar-refractivity contribution in [3.63, 3.8) is 0 Å². The lowest BCUT2D eigenvalue weighted by atomic mass is 10.1. The topological polar surface area (TPSA) is 134 Å². The van der Waals surface area contributed by atoms with Gasteiger partial charge >= 0.3 is 5.97 Å². The molecule has 0 aromatic heterocycles. The number of carbonyl (C=O) groups is 4. The van der Waals surface area contributed by atoms with Crippen molar-refractivity contribution < 1.29 is 33.4 Å². The molecular formula is C31H23ClFN3O6. The highest BCUT2D eigenvalue weighted by atomic mass is 35.5. The highest BCUT2D eigenvalue weighted by Gasteiger charge is 2.30. The zero-order valence-corrected chi connectivity index (χ0v) is 22.6. The summed E-state index contributed by atoms with van der Waals surface area (Å²) in [6, 6.07) is 18.4. The smallest absolute Gasteiger partial charge is 0.303 e. The van der Waals surface area contributed by atoms with E-state index in [1.807, 2.05) is 30.3 Å². The first-order valence-corrected chi connectivity index (χ1v) is 13.2. The van der Waals surface area contributed by atoms with E-state index in [4.69, 9.17) is 21.4 Å². The van der Waals surface area contributed by atoms with Crippen molar-refractivity contribution in [2.75, 3.05) is 10.6 Å². The summed E-state index contributed by atoms with van der Waals surface area (Å²) in [4.78, 5) is 49.9. The van der Waals surface area contributed by atoms with Crippen LogP contribution in [0.2, 0.25) is 5.02 Å². The van der Waals surface area contributed by atoms with Gasteiger partial charge in [0, 0.05) is 17.9 Å². The molecule has 42 heavy (non-hydrogen) atoms. The van der Waals surface area contributed by atoms with Gasteiger partial charge in [0.25, 0.3) is 5.91 Å². The minimum Gasteiger partial charge on any atom is -0.481 e. The van der Waals surface area contributed by atoms with Crippen LogP contribution in [0.4, 0.5) is 15.8 Å². The van der Waals surface area contributed by atoms with Crippen LogP contribution in [0.15, 0.2) is 78.9 Å². The standard InChI is InChI=1S/C31H23ClFN3O6/c32-22-14-19(33)10-8-18(22)9-12-28(37)34-25-16-24-21(30(40)35-23(31(41)36-24)11-13-29(38)39)15-27(25)42-26-7-3-5-17-4-1-2-6-20(17)26/h1-10,12,14-16,23H,11,13H2,(H,34,37)(H,35,40)(H,36,41)(H,38,39)/b12-9-/t23-/m1/s1. The van der Waals surface area contributed by atoms with Crippen LogP contribution in [-0.4, -0.2) is 34.8 Å². The molecule has 5 rings (SSSR count). The van der Waals surface area contributed by atoms with E-state index in [0.717, 1.165) is 16.8 Å². The molecule has 0 unspecified atom stereocenters. The van der Waals surface area contributed by atoms with Gasteiger partial charge in [0.2, 0.25) is 11.8 Å². The first-order chi connectivity index (χ1) is 20.2. The maximum Gasteiger partial charge on any atom is 0.303 e. The molecular weight excluding hydrogens is 565 g/mol. The van der Waals surface area contributed by atoms with Gasteiger partial charge in [0.15, 0.2) is 5.75 Å². The van der Waals surface area contributed by atoms with E-state index in [-0.39, 0.29) is 40.6 Å². The summed E-state index contributed by atoms with van der Waals surface area (Å²) >= 11 is 6.06. The zero-order chi connectivity index (χ0) is 29.8. The summed E-state index contributed by atoms with van der Waals surface area (Å²) in [7, 11) is 0. The van der Waals surface area contributed by atoms with Crippen molar-refractivity contribution >= 4 is 63.5 Å². The molecule has 9 nitrogen and oxygen atoms in total. The van der Waals surface area contributed by atoms with Crippen molar-refractivity contribution in [1.29, 1.82) is 0 Å². The number of aliphatic carboxylic acids is 1. The number of hydrogen-bond acceptors (Lipinski definition) is 5. The molecule has 0 bridgehead atoms. The number of carboxylic acids is 1. The molecule has 1 aliphatic heterocycles. The molecule has 1 atom stereocenters. The molecule has 0 spiro atoms. The van der Waals surface area contributed by atoms with E-state index in [1.54, 1.807) is 12.1 Å². The maximum absolute atomic E-state index is 13.4. The fourth-order valence-corrected chi connectivity index (χ4v) is 4.66. The summed E-state index contributed by atoms with van der Waals surface area (Å²) in [6.45, 7) is 0. The lowest BCUT2D eigenvalue weighted by Crippen LogP contribution is -2.41. The van der Waals surface area contributed by atoms with Crippen LogP contribution in [0.25, 0.3) is 16.8 Å². The maximum atomic E-state index is 13.4. The lowest BCUT2D eigenvalue weighted by Gasteiger charge is -2.16. The molecule has 3 amide bonds. The number of rotatable bonds is 8. The second-order valence-corrected chi connectivity index (χ2v) is 9.82. The van der Waals surface area contributed by atoms with Gasteiger partial charge in [-0.05, 0) is 53.8 Å². The highest BCUT2D eigenvalue weighted by molar-refractivity contribution is 6.32. The Labute approximate surface area is 243 Å². The molecule has 1 aliphatic rings. The Balaban J connectivity index is 1.51. The van der Waals surface area contributed by atoms with Crippen molar-refractivity contribution in [2.24, 2.45) is 0 Å². The first-order valence-electron chi connectivity index (χ1n) is 12.8. The predicted octanol–water partition coefficient (Wildman–Crippen LogP) is 5.99. The average Bonchev–Trinajstić information content (AvgIpc) is 3.06. The molecule has 0 fully saturated rings. The van der Waals surface area contributed by atoms with Crippen LogP contribution in [-0.2, 0) is 14.4 Å². The number of benzene rings is 4. The van der Waals surface area contributed by atoms with E-state index in [0.29, 0.717) is 11.3 Å². The van der Waals surface area contributed by atoms with Gasteiger partial charge in [-0.2, -0.15) is 0 Å². The molecule has 1 heterocycles. The molecule has 0 saturated heterocycles. The van der Waals surface area contributed by atoms with Crippen LogP contribution < -0.4 is 20.7 Å². The quantitative estimate of drug-likeness (QED) is 0.187. The van der Waals surface area contributed by atoms with Gasteiger partial charge in [-0.3, -0.25) is 19.2 Å². The van der Waals surface area contributed by atoms with E-state index in [1.165, 1.54) is 36.4 Å². The molecule has 0 aliphatic carbocycles. The average molecular weight is 588 g/mol. The van der Waals surface area contributed by atoms with Gasteiger partial charge in [-0.15, -0.1) is 0 Å². The summed E-state index contributed by atoms with van der Waals surface area (Å²) in [6.07, 6.45) is 2.17. The molecule has 4 aromatic carbocycles. The Morgan fingerprint density at radius 3 is 2.60 bits per heavy atom. The minimum absolute atomic E-state index is 0.0584. The second kappa shape index (κ2) is 12.1. The Bertz CT molecular complexity index is 1770. The van der Waals surface area contributed by atoms with E-state index in [2.05, 4.69) is 16.0 Å². The molecule has 4 aromatic rings. The van der Waals surface area contributed by atoms with Crippen LogP contribution in [0, 0.1) is 5.82 Å². The highest BCUT2D eigenvalue weighted by Crippen LogP contribution is 2.38. The number of hydrogen-bond donors (Lipinski definition) is 4. The zero-order valence-electron chi connectivity index (χ0n) is 21.8.